The highest BCUT2D eigenvalue weighted by Crippen LogP contribution is 2.33. The van der Waals surface area contributed by atoms with E-state index >= 15 is 0 Å². The molecule has 0 fully saturated rings. The van der Waals surface area contributed by atoms with Gasteiger partial charge in [-0.1, -0.05) is 31.2 Å². The fourth-order valence-corrected chi connectivity index (χ4v) is 2.85. The van der Waals surface area contributed by atoms with E-state index in [0.717, 1.165) is 12.0 Å². The molecule has 2 N–H and O–H groups in total. The van der Waals surface area contributed by atoms with Crippen LogP contribution in [0.25, 0.3) is 0 Å². The van der Waals surface area contributed by atoms with E-state index in [9.17, 15) is 9.90 Å². The quantitative estimate of drug-likeness (QED) is 0.850. The number of carbonyl (C=O) groups excluding carboxylic acids is 1. The Bertz CT molecular complexity index is 461. The minimum absolute atomic E-state index is 0.0388. The summed E-state index contributed by atoms with van der Waals surface area (Å²) in [6.45, 7) is 2.55. The fourth-order valence-electron chi connectivity index (χ4n) is 2.85. The number of rotatable bonds is 4. The molecule has 1 aromatic carbocycles. The molecule has 1 amide bonds. The minimum Gasteiger partial charge on any atom is -0.387 e. The highest BCUT2D eigenvalue weighted by molar-refractivity contribution is 5.78. The molecular formula is C15H22N2O2. The summed E-state index contributed by atoms with van der Waals surface area (Å²) in [5.74, 6) is -0.0391. The average Bonchev–Trinajstić information content (AvgIpc) is 2.75. The number of nitrogens with one attached hydrogen (secondary N) is 1. The Hall–Kier alpha value is -1.39. The van der Waals surface area contributed by atoms with E-state index in [-0.39, 0.29) is 17.9 Å². The van der Waals surface area contributed by atoms with E-state index in [0.29, 0.717) is 6.54 Å². The van der Waals surface area contributed by atoms with Crippen LogP contribution in [0.4, 0.5) is 0 Å². The lowest BCUT2D eigenvalue weighted by Gasteiger charge is -2.29. The van der Waals surface area contributed by atoms with Crippen LogP contribution >= 0.6 is 0 Å². The van der Waals surface area contributed by atoms with Crippen molar-refractivity contribution in [3.63, 3.8) is 0 Å². The number of benzene rings is 1. The zero-order valence-corrected chi connectivity index (χ0v) is 11.8. The van der Waals surface area contributed by atoms with E-state index in [1.54, 1.807) is 7.05 Å². The number of fused-ring (bicyclic) bond motifs is 1. The van der Waals surface area contributed by atoms with Gasteiger partial charge in [0.2, 0.25) is 5.91 Å². The summed E-state index contributed by atoms with van der Waals surface area (Å²) in [5.41, 5.74) is 2.23. The molecule has 19 heavy (non-hydrogen) atoms. The molecule has 4 nitrogen and oxygen atoms in total. The van der Waals surface area contributed by atoms with Crippen LogP contribution in [0.2, 0.25) is 0 Å². The monoisotopic (exact) mass is 262 g/mol. The van der Waals surface area contributed by atoms with Crippen LogP contribution in [-0.2, 0) is 11.2 Å². The summed E-state index contributed by atoms with van der Waals surface area (Å²) in [7, 11) is 3.62. The second kappa shape index (κ2) is 5.72. The lowest BCUT2D eigenvalue weighted by Crippen LogP contribution is -2.41. The molecule has 0 radical (unpaired) electrons. The third-order valence-electron chi connectivity index (χ3n) is 3.99. The molecule has 1 aromatic rings. The van der Waals surface area contributed by atoms with Gasteiger partial charge in [0.1, 0.15) is 0 Å². The van der Waals surface area contributed by atoms with Crippen molar-refractivity contribution in [2.75, 3.05) is 20.6 Å². The number of carbonyl (C=O) groups is 1. The molecule has 0 bridgehead atoms. The minimum atomic E-state index is -0.460. The molecule has 0 aromatic heterocycles. The largest absolute Gasteiger partial charge is 0.387 e. The third kappa shape index (κ3) is 2.80. The van der Waals surface area contributed by atoms with Crippen molar-refractivity contribution in [3.8, 4) is 0 Å². The van der Waals surface area contributed by atoms with Gasteiger partial charge in [-0.15, -0.1) is 0 Å². The van der Waals surface area contributed by atoms with Crippen LogP contribution in [0.1, 0.15) is 24.2 Å². The Labute approximate surface area is 114 Å². The zero-order valence-electron chi connectivity index (χ0n) is 11.8. The van der Waals surface area contributed by atoms with Crippen LogP contribution in [-0.4, -0.2) is 42.6 Å². The number of amides is 1. The molecule has 3 atom stereocenters. The van der Waals surface area contributed by atoms with Gasteiger partial charge in [-0.2, -0.15) is 0 Å². The summed E-state index contributed by atoms with van der Waals surface area (Å²) in [5, 5.41) is 13.0. The first-order chi connectivity index (χ1) is 9.04. The molecule has 2 rings (SSSR count). The van der Waals surface area contributed by atoms with Crippen LogP contribution < -0.4 is 5.32 Å². The third-order valence-corrected chi connectivity index (χ3v) is 3.99. The van der Waals surface area contributed by atoms with Crippen molar-refractivity contribution in [2.24, 2.45) is 5.92 Å². The Balaban J connectivity index is 2.03. The maximum Gasteiger partial charge on any atom is 0.223 e. The van der Waals surface area contributed by atoms with Gasteiger partial charge in [-0.25, -0.2) is 0 Å². The fraction of sp³-hybridized carbons (Fsp3) is 0.533. The Morgan fingerprint density at radius 3 is 2.84 bits per heavy atom. The van der Waals surface area contributed by atoms with Crippen LogP contribution in [0.3, 0.4) is 0 Å². The van der Waals surface area contributed by atoms with Gasteiger partial charge in [0.15, 0.2) is 0 Å². The smallest absolute Gasteiger partial charge is 0.223 e. The van der Waals surface area contributed by atoms with Crippen molar-refractivity contribution >= 4 is 5.91 Å². The van der Waals surface area contributed by atoms with Crippen molar-refractivity contribution in [3.05, 3.63) is 35.4 Å². The SMILES string of the molecule is CNC(=O)C(C)CN(C)C1Cc2ccccc2C1O. The lowest BCUT2D eigenvalue weighted by molar-refractivity contribution is -0.124. The van der Waals surface area contributed by atoms with Crippen molar-refractivity contribution in [1.82, 2.24) is 10.2 Å². The van der Waals surface area contributed by atoms with E-state index in [4.69, 9.17) is 0 Å². The van der Waals surface area contributed by atoms with Gasteiger partial charge in [-0.05, 0) is 24.6 Å². The highest BCUT2D eigenvalue weighted by atomic mass is 16.3. The van der Waals surface area contributed by atoms with E-state index in [2.05, 4.69) is 16.3 Å². The second-order valence-electron chi connectivity index (χ2n) is 5.37. The van der Waals surface area contributed by atoms with Crippen LogP contribution in [0, 0.1) is 5.92 Å². The molecule has 0 heterocycles. The molecule has 0 spiro atoms. The number of hydrogen-bond donors (Lipinski definition) is 2. The zero-order chi connectivity index (χ0) is 14.0. The molecule has 1 aliphatic rings. The number of nitrogens with zero attached hydrogens (tertiary/aromatic N) is 1. The van der Waals surface area contributed by atoms with E-state index in [1.807, 2.05) is 32.2 Å². The molecule has 1 aliphatic carbocycles. The predicted molar refractivity (Wildman–Crippen MR) is 74.8 cm³/mol. The van der Waals surface area contributed by atoms with Crippen molar-refractivity contribution < 1.29 is 9.90 Å². The molecule has 0 saturated heterocycles. The summed E-state index contributed by atoms with van der Waals surface area (Å²) in [6, 6.07) is 8.06. The van der Waals surface area contributed by atoms with Crippen LogP contribution in [0.5, 0.6) is 0 Å². The van der Waals surface area contributed by atoms with E-state index in [1.165, 1.54) is 5.56 Å². The van der Waals surface area contributed by atoms with Gasteiger partial charge in [0, 0.05) is 25.6 Å². The number of aliphatic hydroxyl groups excluding tert-OH is 1. The van der Waals surface area contributed by atoms with Gasteiger partial charge in [-0.3, -0.25) is 9.69 Å². The molecule has 3 unspecified atom stereocenters. The first kappa shape index (κ1) is 14.0. The Morgan fingerprint density at radius 2 is 2.21 bits per heavy atom. The van der Waals surface area contributed by atoms with Gasteiger partial charge in [0.05, 0.1) is 6.10 Å². The summed E-state index contributed by atoms with van der Waals surface area (Å²) in [4.78, 5) is 13.6. The summed E-state index contributed by atoms with van der Waals surface area (Å²) in [6.07, 6.45) is 0.381. The molecule has 0 saturated carbocycles. The van der Waals surface area contributed by atoms with E-state index < -0.39 is 6.10 Å². The van der Waals surface area contributed by atoms with Gasteiger partial charge >= 0.3 is 0 Å². The molecule has 0 aliphatic heterocycles. The average molecular weight is 262 g/mol. The molecule has 4 heteroatoms. The number of likely N-dealkylation sites (N-methyl/N-ethyl adjacent to an activating group) is 1. The number of hydrogen-bond acceptors (Lipinski definition) is 3. The maximum absolute atomic E-state index is 11.6. The normalized spacial score (nSPS) is 23.2. The topological polar surface area (TPSA) is 52.6 Å². The summed E-state index contributed by atoms with van der Waals surface area (Å²) >= 11 is 0. The standard InChI is InChI=1S/C15H22N2O2/c1-10(15(19)16-2)9-17(3)13-8-11-6-4-5-7-12(11)14(13)18/h4-7,10,13-14,18H,8-9H2,1-3H3,(H,16,19). The van der Waals surface area contributed by atoms with Crippen molar-refractivity contribution in [2.45, 2.75) is 25.5 Å². The van der Waals surface area contributed by atoms with Gasteiger partial charge in [0.25, 0.3) is 0 Å². The molecule has 104 valence electrons. The lowest BCUT2D eigenvalue weighted by atomic mass is 10.1. The number of aliphatic hydroxyl groups is 1. The Kier molecular flexibility index (Phi) is 4.22. The van der Waals surface area contributed by atoms with Crippen LogP contribution in [0.15, 0.2) is 24.3 Å². The molecular weight excluding hydrogens is 240 g/mol. The predicted octanol–water partition coefficient (Wildman–Crippen LogP) is 0.959. The summed E-state index contributed by atoms with van der Waals surface area (Å²) < 4.78 is 0. The van der Waals surface area contributed by atoms with Gasteiger partial charge < -0.3 is 10.4 Å². The highest BCUT2D eigenvalue weighted by Gasteiger charge is 2.34. The first-order valence-electron chi connectivity index (χ1n) is 6.72. The maximum atomic E-state index is 11.6. The van der Waals surface area contributed by atoms with Crippen molar-refractivity contribution in [1.29, 1.82) is 0 Å². The second-order valence-corrected chi connectivity index (χ2v) is 5.37. The first-order valence-corrected chi connectivity index (χ1v) is 6.72. The Morgan fingerprint density at radius 1 is 1.53 bits per heavy atom.